The van der Waals surface area contributed by atoms with Crippen molar-refractivity contribution in [2.75, 3.05) is 12.9 Å². The molecule has 0 fully saturated rings. The van der Waals surface area contributed by atoms with Crippen LogP contribution in [0.5, 0.6) is 11.5 Å². The van der Waals surface area contributed by atoms with Gasteiger partial charge in [-0.1, -0.05) is 48.5 Å². The Bertz CT molecular complexity index is 1090. The molecule has 0 aliphatic heterocycles. The average molecular weight is 449 g/mol. The highest BCUT2D eigenvalue weighted by Crippen LogP contribution is 2.26. The van der Waals surface area contributed by atoms with Gasteiger partial charge in [0.1, 0.15) is 18.1 Å². The lowest BCUT2D eigenvalue weighted by atomic mass is 10.1. The molecule has 164 valence electrons. The van der Waals surface area contributed by atoms with Crippen LogP contribution >= 0.6 is 11.8 Å². The van der Waals surface area contributed by atoms with E-state index in [1.165, 1.54) is 17.8 Å². The SMILES string of the molecule is COc1ccc(C(=O)/C=C/c2ccccc2OCc2ccccc2)cc1CSCC(=O)O. The number of aliphatic carboxylic acids is 1. The van der Waals surface area contributed by atoms with E-state index in [0.29, 0.717) is 29.4 Å². The molecule has 0 radical (unpaired) electrons. The Kier molecular flexibility index (Phi) is 8.52. The van der Waals surface area contributed by atoms with Gasteiger partial charge < -0.3 is 14.6 Å². The Hall–Kier alpha value is -3.51. The molecule has 0 saturated carbocycles. The summed E-state index contributed by atoms with van der Waals surface area (Å²) in [5, 5.41) is 8.84. The Morgan fingerprint density at radius 3 is 2.47 bits per heavy atom. The number of hydrogen-bond donors (Lipinski definition) is 1. The molecular weight excluding hydrogens is 424 g/mol. The highest BCUT2D eigenvalue weighted by molar-refractivity contribution is 7.99. The summed E-state index contributed by atoms with van der Waals surface area (Å²) < 4.78 is 11.3. The number of para-hydroxylation sites is 1. The van der Waals surface area contributed by atoms with E-state index in [1.807, 2.05) is 54.6 Å². The van der Waals surface area contributed by atoms with Crippen LogP contribution in [0.2, 0.25) is 0 Å². The van der Waals surface area contributed by atoms with Crippen molar-refractivity contribution >= 4 is 29.6 Å². The van der Waals surface area contributed by atoms with Crippen LogP contribution in [0.1, 0.15) is 27.0 Å². The van der Waals surface area contributed by atoms with Crippen LogP contribution < -0.4 is 9.47 Å². The maximum absolute atomic E-state index is 12.8. The fourth-order valence-corrected chi connectivity index (χ4v) is 3.76. The van der Waals surface area contributed by atoms with Crippen LogP contribution in [0.15, 0.2) is 78.9 Å². The summed E-state index contributed by atoms with van der Waals surface area (Å²) in [6.45, 7) is 0.440. The van der Waals surface area contributed by atoms with Crippen molar-refractivity contribution in [2.45, 2.75) is 12.4 Å². The van der Waals surface area contributed by atoms with Crippen LogP contribution in [-0.2, 0) is 17.2 Å². The van der Waals surface area contributed by atoms with Crippen LogP contribution in [0.25, 0.3) is 6.08 Å². The molecule has 0 unspecified atom stereocenters. The third-order valence-electron chi connectivity index (χ3n) is 4.62. The standard InChI is InChI=1S/C26H24O5S/c1-30-24-14-12-21(15-22(24)17-32-18-26(28)29)23(27)13-11-20-9-5-6-10-25(20)31-16-19-7-3-2-4-8-19/h2-15H,16-18H2,1H3,(H,28,29)/b13-11+. The van der Waals surface area contributed by atoms with Crippen LogP contribution in [-0.4, -0.2) is 29.7 Å². The topological polar surface area (TPSA) is 72.8 Å². The fourth-order valence-electron chi connectivity index (χ4n) is 3.04. The number of ketones is 1. The Morgan fingerprint density at radius 1 is 0.969 bits per heavy atom. The number of rotatable bonds is 11. The first-order valence-corrected chi connectivity index (χ1v) is 11.2. The molecule has 0 bridgehead atoms. The number of carboxylic acid groups (broad SMARTS) is 1. The lowest BCUT2D eigenvalue weighted by Gasteiger charge is -2.10. The highest BCUT2D eigenvalue weighted by Gasteiger charge is 2.10. The summed E-state index contributed by atoms with van der Waals surface area (Å²) in [5.41, 5.74) is 3.16. The molecule has 0 aliphatic carbocycles. The minimum absolute atomic E-state index is 0.0129. The molecule has 0 atom stereocenters. The van der Waals surface area contributed by atoms with E-state index in [4.69, 9.17) is 14.6 Å². The van der Waals surface area contributed by atoms with E-state index in [2.05, 4.69) is 0 Å². The van der Waals surface area contributed by atoms with Crippen molar-refractivity contribution in [1.29, 1.82) is 0 Å². The number of carbonyl (C=O) groups is 2. The number of hydrogen-bond acceptors (Lipinski definition) is 5. The minimum Gasteiger partial charge on any atom is -0.496 e. The molecule has 0 aliphatic rings. The maximum Gasteiger partial charge on any atom is 0.313 e. The summed E-state index contributed by atoms with van der Waals surface area (Å²) in [7, 11) is 1.55. The molecule has 0 amide bonds. The summed E-state index contributed by atoms with van der Waals surface area (Å²) in [4.78, 5) is 23.5. The molecule has 32 heavy (non-hydrogen) atoms. The molecule has 6 heteroatoms. The second-order valence-electron chi connectivity index (χ2n) is 6.92. The molecule has 3 rings (SSSR count). The molecule has 0 saturated heterocycles. The number of methoxy groups -OCH3 is 1. The number of allylic oxidation sites excluding steroid dienone is 1. The summed E-state index contributed by atoms with van der Waals surface area (Å²) in [6, 6.07) is 22.6. The highest BCUT2D eigenvalue weighted by atomic mass is 32.2. The lowest BCUT2D eigenvalue weighted by Crippen LogP contribution is -2.01. The molecule has 0 heterocycles. The zero-order valence-electron chi connectivity index (χ0n) is 17.7. The van der Waals surface area contributed by atoms with Gasteiger partial charge in [-0.3, -0.25) is 9.59 Å². The van der Waals surface area contributed by atoms with E-state index < -0.39 is 5.97 Å². The van der Waals surface area contributed by atoms with Crippen molar-refractivity contribution in [3.05, 3.63) is 101 Å². The third-order valence-corrected chi connectivity index (χ3v) is 5.58. The second kappa shape index (κ2) is 11.8. The van der Waals surface area contributed by atoms with Crippen molar-refractivity contribution in [2.24, 2.45) is 0 Å². The average Bonchev–Trinajstić information content (AvgIpc) is 2.82. The zero-order chi connectivity index (χ0) is 22.8. The fraction of sp³-hybridized carbons (Fsp3) is 0.154. The van der Waals surface area contributed by atoms with Gasteiger partial charge in [0, 0.05) is 22.4 Å². The number of carbonyl (C=O) groups excluding carboxylic acids is 1. The summed E-state index contributed by atoms with van der Waals surface area (Å²) in [6.07, 6.45) is 3.26. The summed E-state index contributed by atoms with van der Waals surface area (Å²) in [5.74, 6) is 0.716. The summed E-state index contributed by atoms with van der Waals surface area (Å²) >= 11 is 1.25. The van der Waals surface area contributed by atoms with Crippen LogP contribution in [0, 0.1) is 0 Å². The predicted octanol–water partition coefficient (Wildman–Crippen LogP) is 5.49. The Labute approximate surface area is 191 Å². The zero-order valence-corrected chi connectivity index (χ0v) is 18.5. The van der Waals surface area contributed by atoms with Gasteiger partial charge >= 0.3 is 5.97 Å². The Morgan fingerprint density at radius 2 is 1.72 bits per heavy atom. The predicted molar refractivity (Wildman–Crippen MR) is 127 cm³/mol. The molecular formula is C26H24O5S. The first kappa shape index (κ1) is 23.2. The number of benzene rings is 3. The van der Waals surface area contributed by atoms with Gasteiger partial charge in [-0.25, -0.2) is 0 Å². The molecule has 0 aromatic heterocycles. The van der Waals surface area contributed by atoms with Crippen molar-refractivity contribution < 1.29 is 24.2 Å². The second-order valence-corrected chi connectivity index (χ2v) is 7.91. The van der Waals surface area contributed by atoms with Crippen LogP contribution in [0.3, 0.4) is 0 Å². The molecule has 3 aromatic carbocycles. The number of ether oxygens (including phenoxy) is 2. The minimum atomic E-state index is -0.878. The largest absolute Gasteiger partial charge is 0.496 e. The first-order chi connectivity index (χ1) is 15.6. The third kappa shape index (κ3) is 6.75. The van der Waals surface area contributed by atoms with Crippen molar-refractivity contribution in [3.8, 4) is 11.5 Å². The molecule has 5 nitrogen and oxygen atoms in total. The van der Waals surface area contributed by atoms with Gasteiger partial charge in [0.25, 0.3) is 0 Å². The number of carboxylic acids is 1. The monoisotopic (exact) mass is 448 g/mol. The first-order valence-electron chi connectivity index (χ1n) is 10.0. The maximum atomic E-state index is 12.8. The van der Waals surface area contributed by atoms with E-state index in [1.54, 1.807) is 31.4 Å². The van der Waals surface area contributed by atoms with Gasteiger partial charge in [-0.2, -0.15) is 0 Å². The van der Waals surface area contributed by atoms with Gasteiger partial charge in [-0.05, 0) is 42.0 Å². The van der Waals surface area contributed by atoms with E-state index >= 15 is 0 Å². The van der Waals surface area contributed by atoms with Gasteiger partial charge in [-0.15, -0.1) is 11.8 Å². The van der Waals surface area contributed by atoms with E-state index in [-0.39, 0.29) is 11.5 Å². The molecule has 0 spiro atoms. The number of thioether (sulfide) groups is 1. The quantitative estimate of drug-likeness (QED) is 0.309. The van der Waals surface area contributed by atoms with Gasteiger partial charge in [0.2, 0.25) is 0 Å². The molecule has 3 aromatic rings. The van der Waals surface area contributed by atoms with Gasteiger partial charge in [0.15, 0.2) is 5.78 Å². The van der Waals surface area contributed by atoms with E-state index in [0.717, 1.165) is 16.7 Å². The van der Waals surface area contributed by atoms with Crippen molar-refractivity contribution in [3.63, 3.8) is 0 Å². The lowest BCUT2D eigenvalue weighted by molar-refractivity contribution is -0.133. The van der Waals surface area contributed by atoms with Crippen LogP contribution in [0.4, 0.5) is 0 Å². The molecule has 1 N–H and O–H groups in total. The van der Waals surface area contributed by atoms with E-state index in [9.17, 15) is 9.59 Å². The normalized spacial score (nSPS) is 10.8. The smallest absolute Gasteiger partial charge is 0.313 e. The van der Waals surface area contributed by atoms with Gasteiger partial charge in [0.05, 0.1) is 12.9 Å². The Balaban J connectivity index is 1.71. The van der Waals surface area contributed by atoms with Crippen molar-refractivity contribution in [1.82, 2.24) is 0 Å².